The molecule has 0 aromatic heterocycles. The minimum absolute atomic E-state index is 0.177. The van der Waals surface area contributed by atoms with Crippen molar-refractivity contribution < 1.29 is 38.3 Å². The topological polar surface area (TPSA) is 253 Å². The van der Waals surface area contributed by atoms with Crippen molar-refractivity contribution in [3.8, 4) is 0 Å². The van der Waals surface area contributed by atoms with Crippen molar-refractivity contribution in [2.45, 2.75) is 161 Å². The Labute approximate surface area is 297 Å². The summed E-state index contributed by atoms with van der Waals surface area (Å²) < 4.78 is 5.41. The van der Waals surface area contributed by atoms with Crippen LogP contribution in [0.3, 0.4) is 0 Å². The van der Waals surface area contributed by atoms with Gasteiger partial charge >= 0.3 is 5.97 Å². The molecule has 0 aliphatic rings. The van der Waals surface area contributed by atoms with Gasteiger partial charge in [0.1, 0.15) is 39.8 Å². The summed E-state index contributed by atoms with van der Waals surface area (Å²) in [7, 11) is 0. The summed E-state index contributed by atoms with van der Waals surface area (Å²) in [6, 6.07) is -2.00. The second-order valence-corrected chi connectivity index (χ2v) is 15.7. The molecule has 0 radical (unpaired) electrons. The molecule has 0 unspecified atom stereocenters. The summed E-state index contributed by atoms with van der Waals surface area (Å²) in [6.45, 7) is 18.9. The molecule has 50 heavy (non-hydrogen) atoms. The van der Waals surface area contributed by atoms with Crippen LogP contribution in [0, 0.1) is 0 Å². The Morgan fingerprint density at radius 2 is 0.880 bits per heavy atom. The zero-order valence-corrected chi connectivity index (χ0v) is 32.2. The van der Waals surface area contributed by atoms with E-state index in [1.165, 1.54) is 62.3 Å². The Bertz CT molecular complexity index is 1220. The highest BCUT2D eigenvalue weighted by Gasteiger charge is 2.42. The normalized spacial score (nSPS) is 13.6. The number of carbonyl (C=O) groups excluding carboxylic acids is 7. The smallest absolute Gasteiger partial charge is 0.331 e. The summed E-state index contributed by atoms with van der Waals surface area (Å²) in [5.74, 6) is -4.36. The predicted octanol–water partition coefficient (Wildman–Crippen LogP) is 0.155. The fraction of sp³-hybridized carbons (Fsp3) is 0.794. The van der Waals surface area contributed by atoms with E-state index in [0.717, 1.165) is 0 Å². The first-order valence-corrected chi connectivity index (χ1v) is 17.1. The van der Waals surface area contributed by atoms with Gasteiger partial charge in [0, 0.05) is 6.92 Å². The Morgan fingerprint density at radius 3 is 1.24 bits per heavy atom. The Hall–Kier alpha value is -3.79. The molecular weight excluding hydrogens is 648 g/mol. The van der Waals surface area contributed by atoms with Crippen LogP contribution in [0.25, 0.3) is 0 Å². The molecule has 2 atom stereocenters. The number of hydrogen-bond donors (Lipinski definition) is 8. The van der Waals surface area contributed by atoms with Gasteiger partial charge in [0.2, 0.25) is 35.4 Å². The van der Waals surface area contributed by atoms with Gasteiger partial charge in [-0.2, -0.15) is 0 Å². The maximum Gasteiger partial charge on any atom is 0.331 e. The van der Waals surface area contributed by atoms with Crippen LogP contribution >= 0.6 is 0 Å². The second kappa shape index (κ2) is 19.0. The predicted molar refractivity (Wildman–Crippen MR) is 190 cm³/mol. The lowest BCUT2D eigenvalue weighted by Crippen LogP contribution is -2.66. The third-order valence-corrected chi connectivity index (χ3v) is 7.55. The lowest BCUT2D eigenvalue weighted by atomic mass is 9.96. The lowest BCUT2D eigenvalue weighted by Gasteiger charge is -2.35. The third kappa shape index (κ3) is 16.3. The first-order valence-electron chi connectivity index (χ1n) is 17.1. The molecule has 0 rings (SSSR count). The van der Waals surface area contributed by atoms with Gasteiger partial charge in [-0.15, -0.1) is 0 Å². The Morgan fingerprint density at radius 1 is 0.520 bits per heavy atom. The van der Waals surface area contributed by atoms with E-state index in [9.17, 15) is 33.6 Å². The van der Waals surface area contributed by atoms with Gasteiger partial charge in [0.15, 0.2) is 0 Å². The second-order valence-electron chi connectivity index (χ2n) is 15.7. The first-order chi connectivity index (χ1) is 22.6. The maximum absolute atomic E-state index is 13.5. The zero-order chi connectivity index (χ0) is 39.3. The molecule has 0 aliphatic carbocycles. The highest BCUT2D eigenvalue weighted by Crippen LogP contribution is 2.17. The van der Waals surface area contributed by atoms with Crippen molar-refractivity contribution >= 4 is 41.4 Å². The van der Waals surface area contributed by atoms with E-state index in [4.69, 9.17) is 16.2 Å². The lowest BCUT2D eigenvalue weighted by molar-refractivity contribution is -0.163. The van der Waals surface area contributed by atoms with Crippen LogP contribution in [0.4, 0.5) is 0 Å². The van der Waals surface area contributed by atoms with Crippen molar-refractivity contribution in [2.24, 2.45) is 11.5 Å². The number of carbonyl (C=O) groups is 7. The monoisotopic (exact) mass is 712 g/mol. The number of amides is 6. The molecule has 0 heterocycles. The molecule has 10 N–H and O–H groups in total. The van der Waals surface area contributed by atoms with E-state index < -0.39 is 81.3 Å². The van der Waals surface area contributed by atoms with Crippen molar-refractivity contribution in [1.82, 2.24) is 31.9 Å². The number of unbranched alkanes of at least 4 members (excludes halogenated alkanes) is 2. The highest BCUT2D eigenvalue weighted by molar-refractivity contribution is 5.99. The molecule has 16 heteroatoms. The van der Waals surface area contributed by atoms with Crippen LogP contribution < -0.4 is 43.4 Å². The van der Waals surface area contributed by atoms with Crippen LogP contribution in [0.15, 0.2) is 0 Å². The minimum atomic E-state index is -1.56. The van der Waals surface area contributed by atoms with Gasteiger partial charge in [-0.05, 0) is 128 Å². The summed E-state index contributed by atoms with van der Waals surface area (Å²) >= 11 is 0. The van der Waals surface area contributed by atoms with E-state index in [1.54, 1.807) is 20.8 Å². The van der Waals surface area contributed by atoms with E-state index >= 15 is 0 Å². The van der Waals surface area contributed by atoms with Gasteiger partial charge in [-0.1, -0.05) is 0 Å². The molecule has 0 saturated heterocycles. The van der Waals surface area contributed by atoms with E-state index in [2.05, 4.69) is 31.9 Å². The van der Waals surface area contributed by atoms with E-state index in [-0.39, 0.29) is 6.42 Å². The molecule has 6 amide bonds. The minimum Gasteiger partial charge on any atom is -0.458 e. The zero-order valence-electron chi connectivity index (χ0n) is 32.2. The van der Waals surface area contributed by atoms with Crippen molar-refractivity contribution in [2.75, 3.05) is 13.1 Å². The summed E-state index contributed by atoms with van der Waals surface area (Å²) in [5.41, 5.74) is 4.42. The number of esters is 1. The van der Waals surface area contributed by atoms with Crippen LogP contribution in [-0.2, 0) is 38.3 Å². The number of hydrogen-bond acceptors (Lipinski definition) is 10. The number of nitrogens with one attached hydrogen (secondary N) is 6. The molecule has 0 aromatic carbocycles. The van der Waals surface area contributed by atoms with Gasteiger partial charge in [-0.25, -0.2) is 4.79 Å². The third-order valence-electron chi connectivity index (χ3n) is 7.55. The average Bonchev–Trinajstić information content (AvgIpc) is 2.94. The Kier molecular flexibility index (Phi) is 17.6. The molecule has 0 aliphatic heterocycles. The number of rotatable bonds is 20. The van der Waals surface area contributed by atoms with Gasteiger partial charge in [0.05, 0.1) is 0 Å². The quantitative estimate of drug-likeness (QED) is 0.0627. The van der Waals surface area contributed by atoms with E-state index in [1.807, 2.05) is 0 Å². The largest absolute Gasteiger partial charge is 0.458 e. The fourth-order valence-corrected chi connectivity index (χ4v) is 4.40. The Balaban J connectivity index is 5.82. The molecular formula is C34H64N8O8. The van der Waals surface area contributed by atoms with E-state index in [0.29, 0.717) is 45.2 Å². The van der Waals surface area contributed by atoms with Crippen molar-refractivity contribution in [3.63, 3.8) is 0 Å². The van der Waals surface area contributed by atoms with Crippen LogP contribution in [0.2, 0.25) is 0 Å². The SMILES string of the molecule is CC(=O)N[C@@H](CCCCN)C(=O)NC(C)(C)C(=O)NC(C)(C)C(=O)N[C@@H](CCCCN)C(=O)NC(C)(C)C(=O)NC(C)(C)C(=O)OC(C)(C)C. The standard InChI is InChI=1S/C34H64N8O8/c1-21(43)37-22(17-13-15-19-35)24(44)39-32(7,8)27(47)41-31(5,6)26(46)38-23(18-14-16-20-36)25(45)40-33(9,10)28(48)42-34(11,12)29(49)50-30(2,3)4/h22-23H,13-20,35-36H2,1-12H3,(H,37,43)(H,38,46)(H,39,44)(H,40,45)(H,41,47)(H,42,48)/t22-,23-/m0/s1. The average molecular weight is 713 g/mol. The molecule has 16 nitrogen and oxygen atoms in total. The van der Waals surface area contributed by atoms with Crippen LogP contribution in [-0.4, -0.2) is 94.3 Å². The molecule has 0 aromatic rings. The number of ether oxygens (including phenoxy) is 1. The number of nitrogens with two attached hydrogens (primary N) is 2. The van der Waals surface area contributed by atoms with Gasteiger partial charge < -0.3 is 48.1 Å². The maximum atomic E-state index is 13.5. The molecule has 0 bridgehead atoms. The first kappa shape index (κ1) is 46.2. The molecule has 288 valence electrons. The van der Waals surface area contributed by atoms with Crippen molar-refractivity contribution in [1.29, 1.82) is 0 Å². The molecule has 0 saturated carbocycles. The summed E-state index contributed by atoms with van der Waals surface area (Å²) in [5, 5.41) is 15.8. The fourth-order valence-electron chi connectivity index (χ4n) is 4.40. The van der Waals surface area contributed by atoms with Gasteiger partial charge in [0.25, 0.3) is 0 Å². The van der Waals surface area contributed by atoms with Crippen LogP contribution in [0.5, 0.6) is 0 Å². The van der Waals surface area contributed by atoms with Gasteiger partial charge in [-0.3, -0.25) is 28.8 Å². The summed E-state index contributed by atoms with van der Waals surface area (Å²) in [6.07, 6.45) is 2.77. The molecule has 0 fully saturated rings. The summed E-state index contributed by atoms with van der Waals surface area (Å²) in [4.78, 5) is 91.2. The molecule has 0 spiro atoms. The van der Waals surface area contributed by atoms with Crippen molar-refractivity contribution in [3.05, 3.63) is 0 Å². The highest BCUT2D eigenvalue weighted by atomic mass is 16.6. The van der Waals surface area contributed by atoms with Crippen LogP contribution in [0.1, 0.15) is 122 Å².